The fraction of sp³-hybridized carbons (Fsp3) is 0.750. The molecule has 2 N–H and O–H groups in total. The topological polar surface area (TPSA) is 67.5 Å². The SMILES string of the molecule is NCc1nnc(N2CC3CCC(C2)O3)cc1N1CCC(F)(F)CC1. The molecule has 0 saturated carbocycles. The van der Waals surface area contributed by atoms with Gasteiger partial charge in [-0.3, -0.25) is 0 Å². The highest BCUT2D eigenvalue weighted by atomic mass is 19.3. The van der Waals surface area contributed by atoms with Crippen LogP contribution in [0.4, 0.5) is 20.3 Å². The zero-order valence-corrected chi connectivity index (χ0v) is 13.6. The van der Waals surface area contributed by atoms with E-state index in [0.29, 0.717) is 18.8 Å². The highest BCUT2D eigenvalue weighted by Crippen LogP contribution is 2.34. The molecule has 132 valence electrons. The van der Waals surface area contributed by atoms with Gasteiger partial charge in [-0.1, -0.05) is 0 Å². The Kier molecular flexibility index (Phi) is 4.04. The van der Waals surface area contributed by atoms with Gasteiger partial charge in [-0.2, -0.15) is 0 Å². The first kappa shape index (κ1) is 16.0. The Morgan fingerprint density at radius 1 is 1.12 bits per heavy atom. The fourth-order valence-electron chi connectivity index (χ4n) is 3.85. The van der Waals surface area contributed by atoms with Crippen LogP contribution < -0.4 is 15.5 Å². The molecule has 2 bridgehead atoms. The van der Waals surface area contributed by atoms with Gasteiger partial charge in [0.1, 0.15) is 5.69 Å². The summed E-state index contributed by atoms with van der Waals surface area (Å²) in [5.41, 5.74) is 7.29. The monoisotopic (exact) mass is 339 g/mol. The van der Waals surface area contributed by atoms with Crippen molar-refractivity contribution in [2.75, 3.05) is 36.0 Å². The van der Waals surface area contributed by atoms with Crippen LogP contribution in [0.5, 0.6) is 0 Å². The summed E-state index contributed by atoms with van der Waals surface area (Å²) in [7, 11) is 0. The zero-order valence-electron chi connectivity index (χ0n) is 13.6. The molecule has 0 aromatic carbocycles. The predicted molar refractivity (Wildman–Crippen MR) is 86.4 cm³/mol. The number of anilines is 2. The number of nitrogens with two attached hydrogens (primary N) is 1. The lowest BCUT2D eigenvalue weighted by Crippen LogP contribution is -2.43. The molecule has 6 nitrogen and oxygen atoms in total. The first-order valence-corrected chi connectivity index (χ1v) is 8.64. The number of halogens is 2. The van der Waals surface area contributed by atoms with Crippen LogP contribution in [0, 0.1) is 0 Å². The van der Waals surface area contributed by atoms with E-state index in [-0.39, 0.29) is 31.6 Å². The number of rotatable bonds is 3. The van der Waals surface area contributed by atoms with Crippen molar-refractivity contribution in [1.29, 1.82) is 0 Å². The van der Waals surface area contributed by atoms with Gasteiger partial charge >= 0.3 is 0 Å². The van der Waals surface area contributed by atoms with Gasteiger partial charge < -0.3 is 20.3 Å². The maximum atomic E-state index is 13.4. The normalized spacial score (nSPS) is 29.1. The van der Waals surface area contributed by atoms with Gasteiger partial charge in [0.15, 0.2) is 5.82 Å². The van der Waals surface area contributed by atoms with E-state index >= 15 is 0 Å². The quantitative estimate of drug-likeness (QED) is 0.901. The molecule has 0 radical (unpaired) electrons. The molecule has 0 spiro atoms. The molecular weight excluding hydrogens is 316 g/mol. The molecule has 3 aliphatic rings. The van der Waals surface area contributed by atoms with Crippen LogP contribution in [-0.4, -0.2) is 54.5 Å². The van der Waals surface area contributed by atoms with Gasteiger partial charge in [0, 0.05) is 51.6 Å². The summed E-state index contributed by atoms with van der Waals surface area (Å²) < 4.78 is 32.7. The van der Waals surface area contributed by atoms with Gasteiger partial charge in [-0.25, -0.2) is 8.78 Å². The second-order valence-corrected chi connectivity index (χ2v) is 6.94. The Hall–Kier alpha value is -1.54. The standard InChI is InChI=1S/C16H23F2N5O/c17-16(18)3-5-22(6-4-16)14-7-15(21-20-13(14)8-19)23-9-11-1-2-12(10-23)24-11/h7,11-12H,1-6,8-10,19H2. The van der Waals surface area contributed by atoms with Crippen molar-refractivity contribution in [3.8, 4) is 0 Å². The molecule has 4 heterocycles. The lowest BCUT2D eigenvalue weighted by Gasteiger charge is -2.36. The lowest BCUT2D eigenvalue weighted by atomic mass is 10.1. The number of piperidine rings is 1. The number of fused-ring (bicyclic) bond motifs is 2. The van der Waals surface area contributed by atoms with Crippen molar-refractivity contribution in [1.82, 2.24) is 10.2 Å². The van der Waals surface area contributed by atoms with Crippen molar-refractivity contribution < 1.29 is 13.5 Å². The van der Waals surface area contributed by atoms with E-state index < -0.39 is 5.92 Å². The third-order valence-electron chi connectivity index (χ3n) is 5.23. The molecule has 2 atom stereocenters. The number of hydrogen-bond donors (Lipinski definition) is 1. The summed E-state index contributed by atoms with van der Waals surface area (Å²) in [6, 6.07) is 1.96. The average molecular weight is 339 g/mol. The predicted octanol–water partition coefficient (Wildman–Crippen LogP) is 1.54. The maximum Gasteiger partial charge on any atom is 0.251 e. The molecule has 3 saturated heterocycles. The third kappa shape index (κ3) is 3.04. The first-order valence-electron chi connectivity index (χ1n) is 8.64. The Balaban J connectivity index is 1.57. The summed E-state index contributed by atoms with van der Waals surface area (Å²) in [5, 5.41) is 8.59. The second-order valence-electron chi connectivity index (χ2n) is 6.94. The van der Waals surface area contributed by atoms with E-state index in [9.17, 15) is 8.78 Å². The summed E-state index contributed by atoms with van der Waals surface area (Å²) >= 11 is 0. The maximum absolute atomic E-state index is 13.4. The molecule has 24 heavy (non-hydrogen) atoms. The van der Waals surface area contributed by atoms with Crippen molar-refractivity contribution in [2.24, 2.45) is 5.73 Å². The van der Waals surface area contributed by atoms with E-state index in [4.69, 9.17) is 10.5 Å². The van der Waals surface area contributed by atoms with Gasteiger partial charge in [-0.05, 0) is 12.8 Å². The number of ether oxygens (including phenoxy) is 1. The van der Waals surface area contributed by atoms with E-state index in [1.165, 1.54) is 0 Å². The van der Waals surface area contributed by atoms with Crippen LogP contribution >= 0.6 is 0 Å². The molecule has 4 rings (SSSR count). The summed E-state index contributed by atoms with van der Waals surface area (Å²) in [5.74, 6) is -1.77. The van der Waals surface area contributed by atoms with E-state index in [1.54, 1.807) is 0 Å². The highest BCUT2D eigenvalue weighted by Gasteiger charge is 2.36. The summed E-state index contributed by atoms with van der Waals surface area (Å²) in [6.07, 6.45) is 2.44. The molecule has 3 fully saturated rings. The summed E-state index contributed by atoms with van der Waals surface area (Å²) in [6.45, 7) is 2.51. The Bertz CT molecular complexity index is 592. The van der Waals surface area contributed by atoms with Crippen LogP contribution in [0.3, 0.4) is 0 Å². The lowest BCUT2D eigenvalue weighted by molar-refractivity contribution is -0.0220. The molecule has 2 unspecified atom stereocenters. The van der Waals surface area contributed by atoms with E-state index in [2.05, 4.69) is 15.1 Å². The molecule has 0 aliphatic carbocycles. The largest absolute Gasteiger partial charge is 0.371 e. The number of nitrogens with zero attached hydrogens (tertiary/aromatic N) is 4. The van der Waals surface area contributed by atoms with E-state index in [1.807, 2.05) is 11.0 Å². The Morgan fingerprint density at radius 3 is 2.42 bits per heavy atom. The molecule has 1 aromatic heterocycles. The van der Waals surface area contributed by atoms with Crippen molar-refractivity contribution in [3.05, 3.63) is 11.8 Å². The highest BCUT2D eigenvalue weighted by molar-refractivity contribution is 5.58. The number of aromatic nitrogens is 2. The van der Waals surface area contributed by atoms with Gasteiger partial charge in [0.2, 0.25) is 0 Å². The minimum atomic E-state index is -2.56. The third-order valence-corrected chi connectivity index (χ3v) is 5.23. The van der Waals surface area contributed by atoms with Crippen LogP contribution in [0.1, 0.15) is 31.4 Å². The van der Waals surface area contributed by atoms with Crippen LogP contribution in [-0.2, 0) is 11.3 Å². The number of alkyl halides is 2. The number of morpholine rings is 1. The number of hydrogen-bond acceptors (Lipinski definition) is 6. The average Bonchev–Trinajstić information content (AvgIpc) is 2.92. The second kappa shape index (κ2) is 6.07. The molecular formula is C16H23F2N5O. The van der Waals surface area contributed by atoms with Crippen LogP contribution in [0.2, 0.25) is 0 Å². The Labute approximate surface area is 140 Å². The van der Waals surface area contributed by atoms with Gasteiger partial charge in [-0.15, -0.1) is 10.2 Å². The van der Waals surface area contributed by atoms with Crippen molar-refractivity contribution in [2.45, 2.75) is 50.4 Å². The van der Waals surface area contributed by atoms with Gasteiger partial charge in [0.25, 0.3) is 5.92 Å². The Morgan fingerprint density at radius 2 is 1.79 bits per heavy atom. The molecule has 3 aliphatic heterocycles. The van der Waals surface area contributed by atoms with E-state index in [0.717, 1.165) is 37.4 Å². The molecule has 8 heteroatoms. The van der Waals surface area contributed by atoms with Crippen LogP contribution in [0.25, 0.3) is 0 Å². The smallest absolute Gasteiger partial charge is 0.251 e. The minimum Gasteiger partial charge on any atom is -0.371 e. The van der Waals surface area contributed by atoms with Gasteiger partial charge in [0.05, 0.1) is 17.9 Å². The fourth-order valence-corrected chi connectivity index (χ4v) is 3.85. The van der Waals surface area contributed by atoms with Crippen LogP contribution in [0.15, 0.2) is 6.07 Å². The van der Waals surface area contributed by atoms with Crippen molar-refractivity contribution >= 4 is 11.5 Å². The minimum absolute atomic E-state index is 0.129. The summed E-state index contributed by atoms with van der Waals surface area (Å²) in [4.78, 5) is 4.16. The molecule has 1 aromatic rings. The zero-order chi connectivity index (χ0) is 16.7. The first-order chi connectivity index (χ1) is 11.5. The molecule has 0 amide bonds. The van der Waals surface area contributed by atoms with Crippen molar-refractivity contribution in [3.63, 3.8) is 0 Å².